The van der Waals surface area contributed by atoms with Gasteiger partial charge in [-0.15, -0.1) is 5.10 Å². The average Bonchev–Trinajstić information content (AvgIpc) is 2.95. The van der Waals surface area contributed by atoms with Crippen LogP contribution < -0.4 is 0 Å². The van der Waals surface area contributed by atoms with Crippen LogP contribution in [0.1, 0.15) is 37.0 Å². The normalized spacial score (nSPS) is 12.9. The molecule has 2 aromatic heterocycles. The highest BCUT2D eigenvalue weighted by molar-refractivity contribution is 5.15. The van der Waals surface area contributed by atoms with Crippen molar-refractivity contribution >= 4 is 0 Å². The van der Waals surface area contributed by atoms with Crippen LogP contribution in [0.4, 0.5) is 0 Å². The van der Waals surface area contributed by atoms with Crippen molar-refractivity contribution in [3.05, 3.63) is 29.3 Å². The Balaban J connectivity index is 2.17. The van der Waals surface area contributed by atoms with Gasteiger partial charge >= 0.3 is 0 Å². The predicted octanol–water partition coefficient (Wildman–Crippen LogP) is 0.870. The molecule has 1 unspecified atom stereocenters. The van der Waals surface area contributed by atoms with Crippen molar-refractivity contribution in [3.63, 3.8) is 0 Å². The second-order valence-corrected chi connectivity index (χ2v) is 4.33. The zero-order valence-corrected chi connectivity index (χ0v) is 11.0. The summed E-state index contributed by atoms with van der Waals surface area (Å²) < 4.78 is 3.48. The maximum Gasteiger partial charge on any atom is 0.101 e. The van der Waals surface area contributed by atoms with Crippen LogP contribution in [0.25, 0.3) is 0 Å². The van der Waals surface area contributed by atoms with E-state index in [4.69, 9.17) is 0 Å². The Morgan fingerprint density at radius 1 is 1.33 bits per heavy atom. The summed E-state index contributed by atoms with van der Waals surface area (Å²) in [6.45, 7) is 4.83. The molecule has 0 bridgehead atoms. The minimum absolute atomic E-state index is 0.461. The minimum Gasteiger partial charge on any atom is -0.386 e. The molecule has 1 atom stereocenters. The molecule has 1 N–H and O–H groups in total. The summed E-state index contributed by atoms with van der Waals surface area (Å²) in [5.74, 6) is 0. The monoisotopic (exact) mass is 249 g/mol. The van der Waals surface area contributed by atoms with E-state index in [1.165, 1.54) is 0 Å². The van der Waals surface area contributed by atoms with E-state index in [0.717, 1.165) is 30.0 Å². The maximum atomic E-state index is 10.3. The van der Waals surface area contributed by atoms with Gasteiger partial charge in [0.05, 0.1) is 17.1 Å². The van der Waals surface area contributed by atoms with Crippen LogP contribution in [-0.2, 0) is 26.4 Å². The van der Waals surface area contributed by atoms with Gasteiger partial charge in [0.2, 0.25) is 0 Å². The highest BCUT2D eigenvalue weighted by atomic mass is 16.3. The molecular formula is C12H19N5O. The van der Waals surface area contributed by atoms with E-state index >= 15 is 0 Å². The van der Waals surface area contributed by atoms with Gasteiger partial charge in [-0.3, -0.25) is 9.36 Å². The first-order chi connectivity index (χ1) is 8.63. The molecule has 0 spiro atoms. The van der Waals surface area contributed by atoms with Crippen molar-refractivity contribution in [1.29, 1.82) is 0 Å². The van der Waals surface area contributed by atoms with Gasteiger partial charge in [0, 0.05) is 26.2 Å². The van der Waals surface area contributed by atoms with Crippen molar-refractivity contribution < 1.29 is 5.11 Å². The molecule has 0 amide bonds. The van der Waals surface area contributed by atoms with Gasteiger partial charge in [0.15, 0.2) is 0 Å². The van der Waals surface area contributed by atoms with Crippen LogP contribution in [0.15, 0.2) is 12.3 Å². The zero-order valence-electron chi connectivity index (χ0n) is 11.0. The Morgan fingerprint density at radius 3 is 2.67 bits per heavy atom. The lowest BCUT2D eigenvalue weighted by molar-refractivity contribution is 0.166. The van der Waals surface area contributed by atoms with Crippen LogP contribution in [0.2, 0.25) is 0 Å². The molecule has 0 saturated carbocycles. The van der Waals surface area contributed by atoms with Crippen molar-refractivity contribution in [2.45, 2.75) is 39.3 Å². The molecule has 0 aromatic carbocycles. The van der Waals surface area contributed by atoms with Crippen molar-refractivity contribution in [1.82, 2.24) is 24.8 Å². The SMILES string of the molecule is CCc1cc(C(O)Cc2cn(C)nn2)n(CC)n1. The third kappa shape index (κ3) is 2.59. The quantitative estimate of drug-likeness (QED) is 0.853. The maximum absolute atomic E-state index is 10.3. The summed E-state index contributed by atoms with van der Waals surface area (Å²) >= 11 is 0. The second kappa shape index (κ2) is 5.30. The molecule has 0 fully saturated rings. The van der Waals surface area contributed by atoms with Crippen LogP contribution in [0.5, 0.6) is 0 Å². The number of aromatic nitrogens is 5. The molecule has 2 heterocycles. The first-order valence-electron chi connectivity index (χ1n) is 6.23. The standard InChI is InChI=1S/C12H19N5O/c1-4-9-6-11(17(5-2)14-9)12(18)7-10-8-16(3)15-13-10/h6,8,12,18H,4-5,7H2,1-3H3. The molecule has 2 aromatic rings. The van der Waals surface area contributed by atoms with Gasteiger partial charge in [0.25, 0.3) is 0 Å². The molecule has 0 saturated heterocycles. The molecule has 6 nitrogen and oxygen atoms in total. The smallest absolute Gasteiger partial charge is 0.101 e. The Labute approximate surface area is 106 Å². The summed E-state index contributed by atoms with van der Waals surface area (Å²) in [4.78, 5) is 0. The fourth-order valence-electron chi connectivity index (χ4n) is 1.97. The third-order valence-electron chi connectivity index (χ3n) is 2.92. The van der Waals surface area contributed by atoms with E-state index in [-0.39, 0.29) is 0 Å². The third-order valence-corrected chi connectivity index (χ3v) is 2.92. The molecule has 0 aliphatic carbocycles. The number of rotatable bonds is 5. The van der Waals surface area contributed by atoms with Gasteiger partial charge in [-0.05, 0) is 19.4 Å². The number of hydrogen-bond donors (Lipinski definition) is 1. The van der Waals surface area contributed by atoms with E-state index in [0.29, 0.717) is 6.42 Å². The molecule has 6 heteroatoms. The topological polar surface area (TPSA) is 68.8 Å². The summed E-state index contributed by atoms with van der Waals surface area (Å²) in [5, 5.41) is 22.5. The first kappa shape index (κ1) is 12.8. The van der Waals surface area contributed by atoms with Gasteiger partial charge < -0.3 is 5.11 Å². The molecular weight excluding hydrogens is 230 g/mol. The Hall–Kier alpha value is -1.69. The van der Waals surface area contributed by atoms with Gasteiger partial charge in [-0.1, -0.05) is 12.1 Å². The number of aryl methyl sites for hydroxylation is 3. The number of aliphatic hydroxyl groups is 1. The number of aliphatic hydroxyl groups excluding tert-OH is 1. The molecule has 0 radical (unpaired) electrons. The fourth-order valence-corrected chi connectivity index (χ4v) is 1.97. The lowest BCUT2D eigenvalue weighted by Gasteiger charge is -2.10. The van der Waals surface area contributed by atoms with E-state index in [1.54, 1.807) is 4.68 Å². The Kier molecular flexibility index (Phi) is 3.76. The molecule has 0 aliphatic rings. The van der Waals surface area contributed by atoms with E-state index in [2.05, 4.69) is 22.3 Å². The zero-order chi connectivity index (χ0) is 13.1. The van der Waals surface area contributed by atoms with E-state index in [1.807, 2.05) is 30.9 Å². The number of nitrogens with zero attached hydrogens (tertiary/aromatic N) is 5. The second-order valence-electron chi connectivity index (χ2n) is 4.33. The summed E-state index contributed by atoms with van der Waals surface area (Å²) in [6, 6.07) is 1.96. The highest BCUT2D eigenvalue weighted by Crippen LogP contribution is 2.18. The lowest BCUT2D eigenvalue weighted by atomic mass is 10.1. The van der Waals surface area contributed by atoms with Gasteiger partial charge in [-0.2, -0.15) is 5.10 Å². The van der Waals surface area contributed by atoms with E-state index < -0.39 is 6.10 Å². The van der Waals surface area contributed by atoms with Gasteiger partial charge in [0.1, 0.15) is 6.10 Å². The molecule has 98 valence electrons. The molecule has 18 heavy (non-hydrogen) atoms. The Morgan fingerprint density at radius 2 is 2.11 bits per heavy atom. The first-order valence-corrected chi connectivity index (χ1v) is 6.23. The van der Waals surface area contributed by atoms with Crippen molar-refractivity contribution in [3.8, 4) is 0 Å². The van der Waals surface area contributed by atoms with Crippen LogP contribution in [-0.4, -0.2) is 29.9 Å². The minimum atomic E-state index is -0.588. The highest BCUT2D eigenvalue weighted by Gasteiger charge is 2.16. The average molecular weight is 249 g/mol. The Bertz CT molecular complexity index is 516. The largest absolute Gasteiger partial charge is 0.386 e. The summed E-state index contributed by atoms with van der Waals surface area (Å²) in [6.07, 6.45) is 2.56. The summed E-state index contributed by atoms with van der Waals surface area (Å²) in [5.41, 5.74) is 2.64. The molecule has 2 rings (SSSR count). The summed E-state index contributed by atoms with van der Waals surface area (Å²) in [7, 11) is 1.81. The number of hydrogen-bond acceptors (Lipinski definition) is 4. The van der Waals surface area contributed by atoms with Crippen molar-refractivity contribution in [2.75, 3.05) is 0 Å². The van der Waals surface area contributed by atoms with Gasteiger partial charge in [-0.25, -0.2) is 0 Å². The molecule has 0 aliphatic heterocycles. The predicted molar refractivity (Wildman–Crippen MR) is 66.9 cm³/mol. The van der Waals surface area contributed by atoms with Crippen LogP contribution in [0, 0.1) is 0 Å². The fraction of sp³-hybridized carbons (Fsp3) is 0.583. The lowest BCUT2D eigenvalue weighted by Crippen LogP contribution is -2.10. The van der Waals surface area contributed by atoms with E-state index in [9.17, 15) is 5.11 Å². The van der Waals surface area contributed by atoms with Crippen LogP contribution in [0.3, 0.4) is 0 Å². The van der Waals surface area contributed by atoms with Crippen LogP contribution >= 0.6 is 0 Å². The van der Waals surface area contributed by atoms with Crippen molar-refractivity contribution in [2.24, 2.45) is 7.05 Å².